The average molecular weight is 278 g/mol. The van der Waals surface area contributed by atoms with Gasteiger partial charge in [0.2, 0.25) is 11.8 Å². The van der Waals surface area contributed by atoms with Gasteiger partial charge in [-0.25, -0.2) is 0 Å². The van der Waals surface area contributed by atoms with Gasteiger partial charge in [-0.05, 0) is 26.7 Å². The van der Waals surface area contributed by atoms with Crippen molar-refractivity contribution in [2.45, 2.75) is 50.6 Å². The number of carbonyl (C=O) groups is 2. The summed E-state index contributed by atoms with van der Waals surface area (Å²) in [6, 6.07) is 3.85. The number of nitriles is 2. The third-order valence-corrected chi connectivity index (χ3v) is 2.69. The molecule has 2 unspecified atom stereocenters. The van der Waals surface area contributed by atoms with E-state index in [1.54, 1.807) is 0 Å². The Morgan fingerprint density at radius 1 is 0.950 bits per heavy atom. The Morgan fingerprint density at radius 2 is 1.25 bits per heavy atom. The van der Waals surface area contributed by atoms with Gasteiger partial charge in [-0.1, -0.05) is 0 Å². The van der Waals surface area contributed by atoms with Crippen molar-refractivity contribution in [3.63, 3.8) is 0 Å². The van der Waals surface area contributed by atoms with Crippen LogP contribution in [0.25, 0.3) is 0 Å². The maximum Gasteiger partial charge on any atom is 0.217 e. The number of amides is 2. The van der Waals surface area contributed by atoms with E-state index in [0.29, 0.717) is 0 Å². The van der Waals surface area contributed by atoms with E-state index in [-0.39, 0.29) is 25.7 Å². The molecule has 0 saturated carbocycles. The molecule has 2 atom stereocenters. The molecule has 0 aliphatic heterocycles. The summed E-state index contributed by atoms with van der Waals surface area (Å²) in [5.74, 6) is -1.09. The lowest BCUT2D eigenvalue weighted by atomic mass is 9.97. The molecule has 0 heterocycles. The van der Waals surface area contributed by atoms with Crippen LogP contribution in [-0.4, -0.2) is 22.9 Å². The Kier molecular flexibility index (Phi) is 6.30. The second-order valence-corrected chi connectivity index (χ2v) is 4.90. The molecular weight excluding hydrogens is 260 g/mol. The molecule has 8 heteroatoms. The van der Waals surface area contributed by atoms with Crippen LogP contribution in [0.15, 0.2) is 10.2 Å². The topological polar surface area (TPSA) is 158 Å². The van der Waals surface area contributed by atoms with Gasteiger partial charge in [0, 0.05) is 12.8 Å². The number of primary amides is 2. The first-order chi connectivity index (χ1) is 9.16. The summed E-state index contributed by atoms with van der Waals surface area (Å²) in [4.78, 5) is 21.5. The van der Waals surface area contributed by atoms with E-state index in [4.69, 9.17) is 22.0 Å². The van der Waals surface area contributed by atoms with E-state index in [0.717, 1.165) is 0 Å². The monoisotopic (exact) mass is 278 g/mol. The fourth-order valence-corrected chi connectivity index (χ4v) is 1.21. The van der Waals surface area contributed by atoms with E-state index >= 15 is 0 Å². The molecule has 108 valence electrons. The fraction of sp³-hybridized carbons (Fsp3) is 0.667. The van der Waals surface area contributed by atoms with Crippen LogP contribution < -0.4 is 11.5 Å². The SMILES string of the molecule is CC(C#N)(CCC(N)=O)N=NC(C)(C#N)CCC(N)=O. The maximum atomic E-state index is 10.7. The Morgan fingerprint density at radius 3 is 1.45 bits per heavy atom. The van der Waals surface area contributed by atoms with Gasteiger partial charge in [-0.2, -0.15) is 20.8 Å². The molecule has 0 aromatic carbocycles. The molecule has 4 N–H and O–H groups in total. The molecule has 0 aliphatic rings. The Balaban J connectivity index is 4.92. The zero-order chi connectivity index (χ0) is 15.8. The van der Waals surface area contributed by atoms with Crippen LogP contribution in [0.5, 0.6) is 0 Å². The lowest BCUT2D eigenvalue weighted by Crippen LogP contribution is -2.26. The maximum absolute atomic E-state index is 10.7. The number of azo groups is 1. The second-order valence-electron chi connectivity index (χ2n) is 4.90. The molecule has 0 aliphatic carbocycles. The molecule has 0 bridgehead atoms. The van der Waals surface area contributed by atoms with E-state index in [2.05, 4.69) is 10.2 Å². The molecular formula is C12H18N6O2. The molecule has 20 heavy (non-hydrogen) atoms. The molecule has 2 amide bonds. The van der Waals surface area contributed by atoms with Crippen LogP contribution in [0.3, 0.4) is 0 Å². The van der Waals surface area contributed by atoms with Gasteiger partial charge in [0.15, 0.2) is 11.1 Å². The highest BCUT2D eigenvalue weighted by molar-refractivity contribution is 5.74. The lowest BCUT2D eigenvalue weighted by Gasteiger charge is -2.18. The van der Waals surface area contributed by atoms with Crippen molar-refractivity contribution in [3.05, 3.63) is 0 Å². The zero-order valence-electron chi connectivity index (χ0n) is 11.6. The standard InChI is InChI=1S/C12H18N6O2/c1-11(7-13,5-3-9(15)19)17-18-12(2,8-14)6-4-10(16)20/h3-6H2,1-2H3,(H2,15,19)(H2,16,20). The van der Waals surface area contributed by atoms with Gasteiger partial charge in [-0.15, -0.1) is 0 Å². The predicted molar refractivity (Wildman–Crippen MR) is 69.7 cm³/mol. The van der Waals surface area contributed by atoms with Crippen LogP contribution in [0.1, 0.15) is 39.5 Å². The predicted octanol–water partition coefficient (Wildman–Crippen LogP) is 0.534. The number of hydrogen-bond donors (Lipinski definition) is 2. The van der Waals surface area contributed by atoms with Crippen molar-refractivity contribution in [1.82, 2.24) is 0 Å². The number of hydrogen-bond acceptors (Lipinski definition) is 6. The normalized spacial score (nSPS) is 16.6. The minimum atomic E-state index is -1.24. The summed E-state index contributed by atoms with van der Waals surface area (Å²) >= 11 is 0. The number of carbonyl (C=O) groups excluding carboxylic acids is 2. The average Bonchev–Trinajstić information content (AvgIpc) is 2.41. The third-order valence-electron chi connectivity index (χ3n) is 2.69. The molecule has 0 aromatic heterocycles. The molecule has 8 nitrogen and oxygen atoms in total. The Hall–Kier alpha value is -2.48. The van der Waals surface area contributed by atoms with Crippen LogP contribution >= 0.6 is 0 Å². The van der Waals surface area contributed by atoms with Crippen LogP contribution in [-0.2, 0) is 9.59 Å². The van der Waals surface area contributed by atoms with Crippen LogP contribution in [0.4, 0.5) is 0 Å². The first-order valence-electron chi connectivity index (χ1n) is 5.99. The molecule has 0 fully saturated rings. The highest BCUT2D eigenvalue weighted by Gasteiger charge is 2.28. The van der Waals surface area contributed by atoms with E-state index in [1.807, 2.05) is 12.1 Å². The fourth-order valence-electron chi connectivity index (χ4n) is 1.21. The summed E-state index contributed by atoms with van der Waals surface area (Å²) in [5, 5.41) is 25.8. The van der Waals surface area contributed by atoms with E-state index in [9.17, 15) is 9.59 Å². The number of nitrogens with zero attached hydrogens (tertiary/aromatic N) is 4. The summed E-state index contributed by atoms with van der Waals surface area (Å²) < 4.78 is 0. The minimum absolute atomic E-state index is 0.00632. The van der Waals surface area contributed by atoms with Crippen molar-refractivity contribution in [2.75, 3.05) is 0 Å². The van der Waals surface area contributed by atoms with Crippen molar-refractivity contribution in [3.8, 4) is 12.1 Å². The molecule has 0 rings (SSSR count). The van der Waals surface area contributed by atoms with Crippen molar-refractivity contribution < 1.29 is 9.59 Å². The van der Waals surface area contributed by atoms with Gasteiger partial charge in [0.1, 0.15) is 0 Å². The Bertz CT molecular complexity index is 445. The van der Waals surface area contributed by atoms with E-state index < -0.39 is 22.9 Å². The van der Waals surface area contributed by atoms with Gasteiger partial charge >= 0.3 is 0 Å². The summed E-state index contributed by atoms with van der Waals surface area (Å²) in [6.07, 6.45) is 0.209. The molecule has 0 spiro atoms. The third kappa shape index (κ3) is 6.45. The van der Waals surface area contributed by atoms with E-state index in [1.165, 1.54) is 13.8 Å². The van der Waals surface area contributed by atoms with Gasteiger partial charge < -0.3 is 11.5 Å². The van der Waals surface area contributed by atoms with Crippen molar-refractivity contribution >= 4 is 11.8 Å². The van der Waals surface area contributed by atoms with Crippen molar-refractivity contribution in [2.24, 2.45) is 21.7 Å². The van der Waals surface area contributed by atoms with Gasteiger partial charge in [0.05, 0.1) is 12.1 Å². The first-order valence-corrected chi connectivity index (χ1v) is 5.99. The number of nitrogens with two attached hydrogens (primary N) is 2. The molecule has 0 aromatic rings. The summed E-state index contributed by atoms with van der Waals surface area (Å²) in [6.45, 7) is 2.98. The molecule has 0 radical (unpaired) electrons. The van der Waals surface area contributed by atoms with Crippen LogP contribution in [0.2, 0.25) is 0 Å². The molecule has 0 saturated heterocycles. The van der Waals surface area contributed by atoms with Gasteiger partial charge in [0.25, 0.3) is 0 Å². The largest absolute Gasteiger partial charge is 0.370 e. The number of rotatable bonds is 8. The van der Waals surface area contributed by atoms with Crippen LogP contribution in [0, 0.1) is 22.7 Å². The zero-order valence-corrected chi connectivity index (χ0v) is 11.6. The highest BCUT2D eigenvalue weighted by atomic mass is 16.1. The van der Waals surface area contributed by atoms with Crippen molar-refractivity contribution in [1.29, 1.82) is 10.5 Å². The quantitative estimate of drug-likeness (QED) is 0.620. The second kappa shape index (κ2) is 7.19. The highest BCUT2D eigenvalue weighted by Crippen LogP contribution is 2.23. The lowest BCUT2D eigenvalue weighted by molar-refractivity contribution is -0.119. The summed E-state index contributed by atoms with van der Waals surface area (Å²) in [7, 11) is 0. The van der Waals surface area contributed by atoms with Gasteiger partial charge in [-0.3, -0.25) is 9.59 Å². The smallest absolute Gasteiger partial charge is 0.217 e. The minimum Gasteiger partial charge on any atom is -0.370 e. The Labute approximate surface area is 117 Å². The summed E-state index contributed by atoms with van der Waals surface area (Å²) in [5.41, 5.74) is 7.57. The first kappa shape index (κ1) is 17.5.